The van der Waals surface area contributed by atoms with Crippen LogP contribution in [0.1, 0.15) is 53.1 Å². The van der Waals surface area contributed by atoms with Crippen molar-refractivity contribution in [3.63, 3.8) is 0 Å². The molecule has 28 heavy (non-hydrogen) atoms. The first-order valence-electron chi connectivity index (χ1n) is 9.58. The molecule has 7 heteroatoms. The van der Waals surface area contributed by atoms with Crippen molar-refractivity contribution >= 4 is 28.0 Å². The number of aliphatic hydroxyl groups excluding tert-OH is 1. The Balaban J connectivity index is 2.65. The third-order valence-corrected chi connectivity index (χ3v) is 5.65. The van der Waals surface area contributed by atoms with E-state index in [-0.39, 0.29) is 12.7 Å². The van der Waals surface area contributed by atoms with Gasteiger partial charge >= 0.3 is 12.1 Å². The summed E-state index contributed by atoms with van der Waals surface area (Å²) in [7, 11) is 0. The molecule has 0 unspecified atom stereocenters. The summed E-state index contributed by atoms with van der Waals surface area (Å²) in [5, 5.41) is 11.3. The number of halogens is 1. The molecule has 0 aliphatic carbocycles. The monoisotopic (exact) mass is 455 g/mol. The van der Waals surface area contributed by atoms with Gasteiger partial charge in [-0.1, -0.05) is 54.9 Å². The van der Waals surface area contributed by atoms with E-state index in [1.54, 1.807) is 20.8 Å². The summed E-state index contributed by atoms with van der Waals surface area (Å²) in [6, 6.07) is 5.69. The summed E-state index contributed by atoms with van der Waals surface area (Å²) in [6.45, 7) is 11.2. The average molecular weight is 456 g/mol. The molecule has 1 fully saturated rings. The second-order valence-electron chi connectivity index (χ2n) is 8.39. The van der Waals surface area contributed by atoms with Gasteiger partial charge in [0.05, 0.1) is 24.9 Å². The molecule has 0 radical (unpaired) electrons. The Morgan fingerprint density at radius 3 is 2.36 bits per heavy atom. The van der Waals surface area contributed by atoms with Crippen LogP contribution < -0.4 is 0 Å². The Labute approximate surface area is 175 Å². The van der Waals surface area contributed by atoms with E-state index in [2.05, 4.69) is 15.9 Å². The summed E-state index contributed by atoms with van der Waals surface area (Å²) in [6.07, 6.45) is -1.96. The molecular weight excluding hydrogens is 426 g/mol. The molecular formula is C21H30BrNO5. The molecule has 1 saturated heterocycles. The van der Waals surface area contributed by atoms with Crippen LogP contribution in [0.4, 0.5) is 4.79 Å². The minimum absolute atomic E-state index is 0.190. The lowest BCUT2D eigenvalue weighted by Gasteiger charge is -2.34. The number of rotatable bonds is 4. The summed E-state index contributed by atoms with van der Waals surface area (Å²) >= 11 is 3.51. The average Bonchev–Trinajstić information content (AvgIpc) is 2.88. The fourth-order valence-electron chi connectivity index (χ4n) is 3.91. The highest BCUT2D eigenvalue weighted by Crippen LogP contribution is 2.49. The SMILES string of the molecule is CCOC(=O)[C@@H]1[C@@H](C(C)(C)C)[C@H](O)[C@H](c2ccccc2Br)N1C(=O)OC(C)C. The fraction of sp³-hybridized carbons (Fsp3) is 0.619. The quantitative estimate of drug-likeness (QED) is 0.684. The molecule has 0 aromatic heterocycles. The standard InChI is InChI=1S/C21H30BrNO5/c1-7-27-19(25)17-15(21(4,5)6)18(24)16(13-10-8-9-11-14(13)22)23(17)20(26)28-12(2)3/h8-12,15-18,24H,7H2,1-6H3/t15-,16+,17+,18+/m1/s1. The van der Waals surface area contributed by atoms with Crippen molar-refractivity contribution in [3.05, 3.63) is 34.3 Å². The number of hydrogen-bond acceptors (Lipinski definition) is 5. The number of esters is 1. The molecule has 1 aromatic carbocycles. The molecule has 1 N–H and O–H groups in total. The first-order chi connectivity index (χ1) is 13.0. The molecule has 1 aliphatic rings. The van der Waals surface area contributed by atoms with E-state index in [1.165, 1.54) is 4.90 Å². The molecule has 0 bridgehead atoms. The topological polar surface area (TPSA) is 76.1 Å². The smallest absolute Gasteiger partial charge is 0.411 e. The largest absolute Gasteiger partial charge is 0.464 e. The third kappa shape index (κ3) is 4.51. The van der Waals surface area contributed by atoms with Crippen molar-refractivity contribution in [1.82, 2.24) is 4.90 Å². The lowest BCUT2D eigenvalue weighted by Crippen LogP contribution is -2.48. The van der Waals surface area contributed by atoms with E-state index in [1.807, 2.05) is 45.0 Å². The Hall–Kier alpha value is -1.60. The number of benzene rings is 1. The maximum Gasteiger partial charge on any atom is 0.411 e. The van der Waals surface area contributed by atoms with Crippen molar-refractivity contribution in [1.29, 1.82) is 0 Å². The van der Waals surface area contributed by atoms with Gasteiger partial charge in [-0.15, -0.1) is 0 Å². The van der Waals surface area contributed by atoms with Crippen LogP contribution in [0.5, 0.6) is 0 Å². The molecule has 156 valence electrons. The van der Waals surface area contributed by atoms with Crippen LogP contribution in [0.2, 0.25) is 0 Å². The molecule has 1 aromatic rings. The van der Waals surface area contributed by atoms with Crippen molar-refractivity contribution in [3.8, 4) is 0 Å². The van der Waals surface area contributed by atoms with Gasteiger partial charge in [0, 0.05) is 10.4 Å². The number of carbonyl (C=O) groups is 2. The van der Waals surface area contributed by atoms with Gasteiger partial charge in [0.25, 0.3) is 0 Å². The molecule has 1 heterocycles. The van der Waals surface area contributed by atoms with E-state index >= 15 is 0 Å². The predicted octanol–water partition coefficient (Wildman–Crippen LogP) is 4.31. The summed E-state index contributed by atoms with van der Waals surface area (Å²) < 4.78 is 11.5. The van der Waals surface area contributed by atoms with Gasteiger partial charge in [0.15, 0.2) is 0 Å². The highest BCUT2D eigenvalue weighted by atomic mass is 79.9. The molecule has 6 nitrogen and oxygen atoms in total. The van der Waals surface area contributed by atoms with Gasteiger partial charge in [-0.05, 0) is 37.8 Å². The number of ether oxygens (including phenoxy) is 2. The first kappa shape index (κ1) is 22.7. The van der Waals surface area contributed by atoms with E-state index < -0.39 is 41.6 Å². The number of likely N-dealkylation sites (tertiary alicyclic amines) is 1. The minimum Gasteiger partial charge on any atom is -0.464 e. The van der Waals surface area contributed by atoms with E-state index in [0.717, 1.165) is 10.0 Å². The van der Waals surface area contributed by atoms with E-state index in [0.29, 0.717) is 0 Å². The lowest BCUT2D eigenvalue weighted by molar-refractivity contribution is -0.151. The first-order valence-corrected chi connectivity index (χ1v) is 10.4. The highest BCUT2D eigenvalue weighted by Gasteiger charge is 2.59. The Morgan fingerprint density at radius 1 is 1.25 bits per heavy atom. The van der Waals surface area contributed by atoms with Crippen LogP contribution in [0.25, 0.3) is 0 Å². The van der Waals surface area contributed by atoms with Gasteiger partial charge in [0.1, 0.15) is 6.04 Å². The van der Waals surface area contributed by atoms with Gasteiger partial charge in [-0.25, -0.2) is 9.59 Å². The van der Waals surface area contributed by atoms with Gasteiger partial charge in [-0.3, -0.25) is 4.90 Å². The van der Waals surface area contributed by atoms with E-state index in [9.17, 15) is 14.7 Å². The predicted molar refractivity (Wildman–Crippen MR) is 110 cm³/mol. The zero-order chi connectivity index (χ0) is 21.2. The van der Waals surface area contributed by atoms with Gasteiger partial charge < -0.3 is 14.6 Å². The summed E-state index contributed by atoms with van der Waals surface area (Å²) in [5.74, 6) is -1.06. The van der Waals surface area contributed by atoms with Crippen LogP contribution in [-0.2, 0) is 14.3 Å². The van der Waals surface area contributed by atoms with E-state index in [4.69, 9.17) is 9.47 Å². The third-order valence-electron chi connectivity index (χ3n) is 4.93. The van der Waals surface area contributed by atoms with Crippen LogP contribution >= 0.6 is 15.9 Å². The normalized spacial score (nSPS) is 25.1. The van der Waals surface area contributed by atoms with Gasteiger partial charge in [-0.2, -0.15) is 0 Å². The Bertz CT molecular complexity index is 715. The van der Waals surface area contributed by atoms with Crippen molar-refractivity contribution in [2.24, 2.45) is 11.3 Å². The van der Waals surface area contributed by atoms with Crippen molar-refractivity contribution in [2.45, 2.75) is 65.8 Å². The Kier molecular flexibility index (Phi) is 7.15. The fourth-order valence-corrected chi connectivity index (χ4v) is 4.43. The number of nitrogens with zero attached hydrogens (tertiary/aromatic N) is 1. The number of carbonyl (C=O) groups excluding carboxylic acids is 2. The highest BCUT2D eigenvalue weighted by molar-refractivity contribution is 9.10. The molecule has 0 spiro atoms. The van der Waals surface area contributed by atoms with Crippen LogP contribution in [-0.4, -0.2) is 46.9 Å². The molecule has 1 aliphatic heterocycles. The zero-order valence-corrected chi connectivity index (χ0v) is 18.9. The second-order valence-corrected chi connectivity index (χ2v) is 9.24. The van der Waals surface area contributed by atoms with Crippen molar-refractivity contribution in [2.75, 3.05) is 6.61 Å². The maximum atomic E-state index is 13.1. The lowest BCUT2D eigenvalue weighted by atomic mass is 9.74. The zero-order valence-electron chi connectivity index (χ0n) is 17.3. The van der Waals surface area contributed by atoms with Crippen molar-refractivity contribution < 1.29 is 24.2 Å². The second kappa shape index (κ2) is 8.82. The molecule has 1 amide bonds. The van der Waals surface area contributed by atoms with Gasteiger partial charge in [0.2, 0.25) is 0 Å². The minimum atomic E-state index is -0.965. The number of amides is 1. The number of aliphatic hydroxyl groups is 1. The summed E-state index contributed by atoms with van der Waals surface area (Å²) in [4.78, 5) is 27.3. The molecule has 0 saturated carbocycles. The maximum absolute atomic E-state index is 13.1. The van der Waals surface area contributed by atoms with Crippen LogP contribution in [0, 0.1) is 11.3 Å². The number of hydrogen-bond donors (Lipinski definition) is 1. The summed E-state index contributed by atoms with van der Waals surface area (Å²) in [5.41, 5.74) is 0.264. The van der Waals surface area contributed by atoms with Crippen LogP contribution in [0.3, 0.4) is 0 Å². The molecule has 2 rings (SSSR count). The molecule has 4 atom stereocenters. The van der Waals surface area contributed by atoms with Crippen LogP contribution in [0.15, 0.2) is 28.7 Å². The Morgan fingerprint density at radius 2 is 1.86 bits per heavy atom.